The van der Waals surface area contributed by atoms with Gasteiger partial charge in [-0.25, -0.2) is 0 Å². The second-order valence-corrected chi connectivity index (χ2v) is 5.11. The first kappa shape index (κ1) is 13.9. The first-order valence-electron chi connectivity index (χ1n) is 6.48. The Morgan fingerprint density at radius 1 is 1.37 bits per heavy atom. The molecule has 1 unspecified atom stereocenters. The maximum Gasteiger partial charge on any atom is 0.167 e. The van der Waals surface area contributed by atoms with E-state index >= 15 is 0 Å². The second-order valence-electron chi connectivity index (χ2n) is 5.11. The van der Waals surface area contributed by atoms with E-state index in [0.717, 1.165) is 5.56 Å². The van der Waals surface area contributed by atoms with Crippen molar-refractivity contribution in [1.29, 1.82) is 0 Å². The third-order valence-corrected chi connectivity index (χ3v) is 3.13. The standard InChI is InChI=1S/C15H20O4/c1-9(2)7-11(16)10-5-6-12(17-3)15(18-4)14(10)13-8-19-13/h5-6,9,13H,7-8H2,1-4H3. The van der Waals surface area contributed by atoms with Gasteiger partial charge in [-0.05, 0) is 18.1 Å². The number of Topliss-reactive ketones (excluding diaryl/α,β-unsaturated/α-hetero) is 1. The Morgan fingerprint density at radius 3 is 2.53 bits per heavy atom. The van der Waals surface area contributed by atoms with Crippen LogP contribution in [0.1, 0.15) is 42.3 Å². The van der Waals surface area contributed by atoms with E-state index in [9.17, 15) is 4.79 Å². The molecular formula is C15H20O4. The monoisotopic (exact) mass is 264 g/mol. The van der Waals surface area contributed by atoms with Crippen molar-refractivity contribution in [1.82, 2.24) is 0 Å². The van der Waals surface area contributed by atoms with Crippen molar-refractivity contribution in [2.75, 3.05) is 20.8 Å². The average molecular weight is 264 g/mol. The summed E-state index contributed by atoms with van der Waals surface area (Å²) in [7, 11) is 3.17. The summed E-state index contributed by atoms with van der Waals surface area (Å²) in [6.45, 7) is 4.70. The zero-order chi connectivity index (χ0) is 14.0. The largest absolute Gasteiger partial charge is 0.493 e. The van der Waals surface area contributed by atoms with Gasteiger partial charge in [-0.2, -0.15) is 0 Å². The van der Waals surface area contributed by atoms with Gasteiger partial charge in [0.25, 0.3) is 0 Å². The Kier molecular flexibility index (Phi) is 4.10. The molecule has 0 spiro atoms. The molecule has 0 radical (unpaired) electrons. The van der Waals surface area contributed by atoms with Crippen molar-refractivity contribution in [2.45, 2.75) is 26.4 Å². The van der Waals surface area contributed by atoms with E-state index in [1.807, 2.05) is 19.9 Å². The number of methoxy groups -OCH3 is 2. The summed E-state index contributed by atoms with van der Waals surface area (Å²) in [6.07, 6.45) is 0.478. The smallest absolute Gasteiger partial charge is 0.167 e. The van der Waals surface area contributed by atoms with Gasteiger partial charge in [0.15, 0.2) is 17.3 Å². The van der Waals surface area contributed by atoms with Crippen molar-refractivity contribution in [3.05, 3.63) is 23.3 Å². The van der Waals surface area contributed by atoms with Gasteiger partial charge >= 0.3 is 0 Å². The number of benzene rings is 1. The van der Waals surface area contributed by atoms with Crippen molar-refractivity contribution >= 4 is 5.78 Å². The minimum Gasteiger partial charge on any atom is -0.493 e. The van der Waals surface area contributed by atoms with Crippen molar-refractivity contribution in [2.24, 2.45) is 5.92 Å². The maximum absolute atomic E-state index is 12.3. The third-order valence-electron chi connectivity index (χ3n) is 3.13. The molecule has 0 bridgehead atoms. The lowest BCUT2D eigenvalue weighted by atomic mass is 9.94. The van der Waals surface area contributed by atoms with E-state index in [-0.39, 0.29) is 11.9 Å². The summed E-state index contributed by atoms with van der Waals surface area (Å²) in [5.41, 5.74) is 1.52. The first-order chi connectivity index (χ1) is 9.08. The summed E-state index contributed by atoms with van der Waals surface area (Å²) < 4.78 is 16.0. The number of hydrogen-bond donors (Lipinski definition) is 0. The van der Waals surface area contributed by atoms with E-state index in [4.69, 9.17) is 14.2 Å². The number of hydrogen-bond acceptors (Lipinski definition) is 4. The second kappa shape index (κ2) is 5.61. The van der Waals surface area contributed by atoms with Crippen LogP contribution in [0.2, 0.25) is 0 Å². The number of ketones is 1. The Balaban J connectivity index is 2.45. The summed E-state index contributed by atoms with van der Waals surface area (Å²) in [5.74, 6) is 1.70. The molecular weight excluding hydrogens is 244 g/mol. The molecule has 1 aromatic rings. The van der Waals surface area contributed by atoms with Crippen LogP contribution in [0.15, 0.2) is 12.1 Å². The van der Waals surface area contributed by atoms with Gasteiger partial charge in [0, 0.05) is 17.5 Å². The van der Waals surface area contributed by atoms with Crippen molar-refractivity contribution < 1.29 is 19.0 Å². The Bertz CT molecular complexity index is 475. The lowest BCUT2D eigenvalue weighted by Crippen LogP contribution is -2.09. The number of ether oxygens (including phenoxy) is 3. The topological polar surface area (TPSA) is 48.1 Å². The van der Waals surface area contributed by atoms with E-state index < -0.39 is 0 Å². The first-order valence-corrected chi connectivity index (χ1v) is 6.48. The van der Waals surface area contributed by atoms with Crippen LogP contribution < -0.4 is 9.47 Å². The molecule has 104 valence electrons. The van der Waals surface area contributed by atoms with Crippen LogP contribution in [0, 0.1) is 5.92 Å². The average Bonchev–Trinajstić information content (AvgIpc) is 3.20. The van der Waals surface area contributed by atoms with E-state index in [1.54, 1.807) is 20.3 Å². The fraction of sp³-hybridized carbons (Fsp3) is 0.533. The van der Waals surface area contributed by atoms with Gasteiger partial charge < -0.3 is 14.2 Å². The summed E-state index contributed by atoms with van der Waals surface area (Å²) in [6, 6.07) is 3.58. The van der Waals surface area contributed by atoms with Crippen LogP contribution >= 0.6 is 0 Å². The van der Waals surface area contributed by atoms with Gasteiger partial charge in [0.1, 0.15) is 6.10 Å². The highest BCUT2D eigenvalue weighted by Gasteiger charge is 2.34. The molecule has 1 heterocycles. The number of rotatable bonds is 6. The minimum atomic E-state index is -0.0452. The predicted octanol–water partition coefficient (Wildman–Crippen LogP) is 3.00. The fourth-order valence-corrected chi connectivity index (χ4v) is 2.21. The maximum atomic E-state index is 12.3. The number of epoxide rings is 1. The molecule has 1 saturated heterocycles. The lowest BCUT2D eigenvalue weighted by Gasteiger charge is -2.15. The molecule has 1 aliphatic heterocycles. The molecule has 1 aliphatic rings. The quantitative estimate of drug-likeness (QED) is 0.585. The number of carbonyl (C=O) groups excluding carboxylic acids is 1. The van der Waals surface area contributed by atoms with E-state index in [0.29, 0.717) is 36.0 Å². The highest BCUT2D eigenvalue weighted by atomic mass is 16.6. The Labute approximate surface area is 113 Å². The molecule has 0 saturated carbocycles. The molecule has 0 aliphatic carbocycles. The van der Waals surface area contributed by atoms with Crippen LogP contribution in [0.3, 0.4) is 0 Å². The van der Waals surface area contributed by atoms with Gasteiger partial charge in [-0.15, -0.1) is 0 Å². The fourth-order valence-electron chi connectivity index (χ4n) is 2.21. The van der Waals surface area contributed by atoms with Crippen LogP contribution in [0.4, 0.5) is 0 Å². The van der Waals surface area contributed by atoms with Crippen molar-refractivity contribution in [3.8, 4) is 11.5 Å². The van der Waals surface area contributed by atoms with Crippen LogP contribution in [0.25, 0.3) is 0 Å². The highest BCUT2D eigenvalue weighted by Crippen LogP contribution is 2.44. The number of carbonyl (C=O) groups is 1. The molecule has 0 aromatic heterocycles. The van der Waals surface area contributed by atoms with Crippen LogP contribution in [0.5, 0.6) is 11.5 Å². The van der Waals surface area contributed by atoms with E-state index in [2.05, 4.69) is 0 Å². The van der Waals surface area contributed by atoms with Crippen molar-refractivity contribution in [3.63, 3.8) is 0 Å². The molecule has 1 atom stereocenters. The SMILES string of the molecule is COc1ccc(C(=O)CC(C)C)c(C2CO2)c1OC. The summed E-state index contributed by atoms with van der Waals surface area (Å²) >= 11 is 0. The van der Waals surface area contributed by atoms with Gasteiger partial charge in [0.2, 0.25) is 0 Å². The normalized spacial score (nSPS) is 17.4. The van der Waals surface area contributed by atoms with Gasteiger partial charge in [-0.1, -0.05) is 13.8 Å². The molecule has 4 nitrogen and oxygen atoms in total. The van der Waals surface area contributed by atoms with E-state index in [1.165, 1.54) is 0 Å². The molecule has 19 heavy (non-hydrogen) atoms. The zero-order valence-electron chi connectivity index (χ0n) is 11.9. The molecule has 0 amide bonds. The molecule has 0 N–H and O–H groups in total. The molecule has 1 aromatic carbocycles. The lowest BCUT2D eigenvalue weighted by molar-refractivity contribution is 0.0965. The van der Waals surface area contributed by atoms with Gasteiger partial charge in [0.05, 0.1) is 20.8 Å². The minimum absolute atomic E-state index is 0.0452. The summed E-state index contributed by atoms with van der Waals surface area (Å²) in [5, 5.41) is 0. The molecule has 1 fully saturated rings. The zero-order valence-corrected chi connectivity index (χ0v) is 11.9. The third kappa shape index (κ3) is 2.89. The molecule has 2 rings (SSSR count). The van der Waals surface area contributed by atoms with Crippen LogP contribution in [-0.4, -0.2) is 26.6 Å². The highest BCUT2D eigenvalue weighted by molar-refractivity contribution is 5.98. The molecule has 4 heteroatoms. The predicted molar refractivity (Wildman–Crippen MR) is 72.0 cm³/mol. The Hall–Kier alpha value is -1.55. The Morgan fingerprint density at radius 2 is 2.05 bits per heavy atom. The van der Waals surface area contributed by atoms with Gasteiger partial charge in [-0.3, -0.25) is 4.79 Å². The van der Waals surface area contributed by atoms with Crippen LogP contribution in [-0.2, 0) is 4.74 Å². The summed E-state index contributed by atoms with van der Waals surface area (Å²) in [4.78, 5) is 12.3.